The number of thiophene rings is 1. The Morgan fingerprint density at radius 3 is 2.44 bits per heavy atom. The van der Waals surface area contributed by atoms with E-state index < -0.39 is 12.0 Å². The smallest absolute Gasteiger partial charge is 0.338 e. The number of methoxy groups -OCH3 is 3. The molecule has 4 rings (SSSR count). The number of nitrogens with zero attached hydrogens (tertiary/aromatic N) is 2. The quantitative estimate of drug-likeness (QED) is 0.464. The van der Waals surface area contributed by atoms with Crippen LogP contribution in [-0.2, 0) is 9.53 Å². The van der Waals surface area contributed by atoms with Gasteiger partial charge in [0.05, 0.1) is 43.7 Å². The summed E-state index contributed by atoms with van der Waals surface area (Å²) < 4.78 is 23.6. The van der Waals surface area contributed by atoms with Crippen molar-refractivity contribution in [2.75, 3.05) is 27.9 Å². The lowest BCUT2D eigenvalue weighted by Gasteiger charge is -2.23. The number of hydrogen-bond donors (Lipinski definition) is 0. The largest absolute Gasteiger partial charge is 0.493 e. The van der Waals surface area contributed by atoms with Crippen molar-refractivity contribution in [2.45, 2.75) is 19.9 Å². The maximum absolute atomic E-state index is 13.6. The number of allylic oxidation sites excluding steroid dienone is 1. The number of rotatable bonds is 7. The van der Waals surface area contributed by atoms with Crippen LogP contribution in [0.2, 0.25) is 0 Å². The number of carbonyl (C=O) groups excluding carboxylic acids is 1. The second-order valence-corrected chi connectivity index (χ2v) is 9.26. The zero-order valence-electron chi connectivity index (χ0n) is 19.4. The maximum atomic E-state index is 13.6. The number of ether oxygens (including phenoxy) is 4. The summed E-state index contributed by atoms with van der Waals surface area (Å²) in [6, 6.07) is 6.74. The van der Waals surface area contributed by atoms with Crippen LogP contribution in [0.5, 0.6) is 17.2 Å². The standard InChI is InChI=1S/C24H24N2O6S2/c1-6-32-23(28)19-13(2)25-24-26(20(19)17-8-7-9-33-17)22(27)18(34-24)12-14-10-15(29-3)21(31-5)16(11-14)30-4/h7-12,20H,6H2,1-5H3/b18-12-/t20-/m1/s1. The Kier molecular flexibility index (Phi) is 6.90. The average Bonchev–Trinajstić information content (AvgIpc) is 3.46. The van der Waals surface area contributed by atoms with Crippen LogP contribution in [0.1, 0.15) is 30.3 Å². The summed E-state index contributed by atoms with van der Waals surface area (Å²) >= 11 is 2.73. The van der Waals surface area contributed by atoms with Gasteiger partial charge in [-0.3, -0.25) is 9.36 Å². The Hall–Kier alpha value is -3.37. The van der Waals surface area contributed by atoms with Gasteiger partial charge < -0.3 is 18.9 Å². The van der Waals surface area contributed by atoms with Gasteiger partial charge >= 0.3 is 5.97 Å². The third kappa shape index (κ3) is 4.14. The SMILES string of the molecule is CCOC(=O)C1=C(C)N=c2s/c(=C\c3cc(OC)c(OC)c(OC)c3)c(=O)n2[C@@H]1c1cccs1. The molecule has 1 aliphatic heterocycles. The first-order valence-electron chi connectivity index (χ1n) is 10.5. The van der Waals surface area contributed by atoms with Gasteiger partial charge in [0.2, 0.25) is 5.75 Å². The van der Waals surface area contributed by atoms with Crippen molar-refractivity contribution in [3.8, 4) is 17.2 Å². The van der Waals surface area contributed by atoms with E-state index in [0.29, 0.717) is 43.4 Å². The summed E-state index contributed by atoms with van der Waals surface area (Å²) in [5.41, 5.74) is 1.37. The molecule has 1 atom stereocenters. The number of aromatic nitrogens is 1. The summed E-state index contributed by atoms with van der Waals surface area (Å²) in [6.45, 7) is 3.75. The van der Waals surface area contributed by atoms with Crippen LogP contribution in [0.3, 0.4) is 0 Å². The molecule has 1 aliphatic rings. The van der Waals surface area contributed by atoms with E-state index in [2.05, 4.69) is 4.99 Å². The first kappa shape index (κ1) is 23.8. The minimum absolute atomic E-state index is 0.234. The van der Waals surface area contributed by atoms with Gasteiger partial charge in [-0.05, 0) is 49.1 Å². The molecular formula is C24H24N2O6S2. The number of esters is 1. The molecule has 0 saturated carbocycles. The van der Waals surface area contributed by atoms with Crippen molar-refractivity contribution in [2.24, 2.45) is 4.99 Å². The molecule has 0 aliphatic carbocycles. The number of fused-ring (bicyclic) bond motifs is 1. The van der Waals surface area contributed by atoms with Gasteiger partial charge in [-0.15, -0.1) is 11.3 Å². The Balaban J connectivity index is 1.92. The van der Waals surface area contributed by atoms with Gasteiger partial charge in [-0.25, -0.2) is 9.79 Å². The Morgan fingerprint density at radius 1 is 1.18 bits per heavy atom. The van der Waals surface area contributed by atoms with Crippen LogP contribution in [0.4, 0.5) is 0 Å². The predicted molar refractivity (Wildman–Crippen MR) is 131 cm³/mol. The first-order valence-corrected chi connectivity index (χ1v) is 12.2. The molecule has 0 radical (unpaired) electrons. The van der Waals surface area contributed by atoms with Gasteiger partial charge in [0, 0.05) is 4.88 Å². The molecule has 3 heterocycles. The van der Waals surface area contributed by atoms with Crippen molar-refractivity contribution in [1.82, 2.24) is 4.57 Å². The van der Waals surface area contributed by atoms with Crippen molar-refractivity contribution in [1.29, 1.82) is 0 Å². The van der Waals surface area contributed by atoms with Gasteiger partial charge in [-0.2, -0.15) is 0 Å². The van der Waals surface area contributed by atoms with Crippen LogP contribution in [0, 0.1) is 0 Å². The first-order chi connectivity index (χ1) is 16.4. The van der Waals surface area contributed by atoms with Crippen LogP contribution in [0.25, 0.3) is 6.08 Å². The van der Waals surface area contributed by atoms with E-state index in [1.54, 1.807) is 36.6 Å². The molecule has 0 bridgehead atoms. The Bertz CT molecular complexity index is 1410. The summed E-state index contributed by atoms with van der Waals surface area (Å²) in [4.78, 5) is 32.4. The highest BCUT2D eigenvalue weighted by molar-refractivity contribution is 7.10. The van der Waals surface area contributed by atoms with Gasteiger partial charge in [-0.1, -0.05) is 17.4 Å². The van der Waals surface area contributed by atoms with E-state index in [0.717, 1.165) is 4.88 Å². The van der Waals surface area contributed by atoms with Crippen LogP contribution in [-0.4, -0.2) is 38.5 Å². The highest BCUT2D eigenvalue weighted by atomic mass is 32.1. The molecule has 0 unspecified atom stereocenters. The van der Waals surface area contributed by atoms with E-state index in [-0.39, 0.29) is 12.2 Å². The van der Waals surface area contributed by atoms with Gasteiger partial charge in [0.15, 0.2) is 16.3 Å². The fourth-order valence-electron chi connectivity index (χ4n) is 3.84. The maximum Gasteiger partial charge on any atom is 0.338 e. The van der Waals surface area contributed by atoms with Crippen molar-refractivity contribution >= 4 is 34.7 Å². The molecule has 10 heteroatoms. The van der Waals surface area contributed by atoms with Crippen molar-refractivity contribution in [3.05, 3.63) is 71.0 Å². The lowest BCUT2D eigenvalue weighted by Crippen LogP contribution is -2.39. The van der Waals surface area contributed by atoms with Gasteiger partial charge in [0.25, 0.3) is 5.56 Å². The highest BCUT2D eigenvalue weighted by Gasteiger charge is 2.33. The molecule has 178 valence electrons. The molecule has 0 spiro atoms. The second-order valence-electron chi connectivity index (χ2n) is 7.28. The molecule has 2 aromatic heterocycles. The fraction of sp³-hybridized carbons (Fsp3) is 0.292. The summed E-state index contributed by atoms with van der Waals surface area (Å²) in [5.74, 6) is 0.965. The van der Waals surface area contributed by atoms with Crippen molar-refractivity contribution in [3.63, 3.8) is 0 Å². The van der Waals surface area contributed by atoms with E-state index in [1.165, 1.54) is 44.0 Å². The predicted octanol–water partition coefficient (Wildman–Crippen LogP) is 2.89. The lowest BCUT2D eigenvalue weighted by molar-refractivity contribution is -0.139. The third-order valence-electron chi connectivity index (χ3n) is 5.31. The minimum atomic E-state index is -0.600. The van der Waals surface area contributed by atoms with Crippen LogP contribution >= 0.6 is 22.7 Å². The summed E-state index contributed by atoms with van der Waals surface area (Å²) in [6.07, 6.45) is 1.75. The van der Waals surface area contributed by atoms with Crippen LogP contribution in [0.15, 0.2) is 50.7 Å². The number of benzene rings is 1. The topological polar surface area (TPSA) is 88.4 Å². The molecule has 0 saturated heterocycles. The van der Waals surface area contributed by atoms with Gasteiger partial charge in [0.1, 0.15) is 6.04 Å². The zero-order chi connectivity index (χ0) is 24.4. The highest BCUT2D eigenvalue weighted by Crippen LogP contribution is 2.38. The Labute approximate surface area is 204 Å². The summed E-state index contributed by atoms with van der Waals surface area (Å²) in [7, 11) is 4.61. The average molecular weight is 501 g/mol. The van der Waals surface area contributed by atoms with E-state index >= 15 is 0 Å². The summed E-state index contributed by atoms with van der Waals surface area (Å²) in [5, 5.41) is 1.92. The molecule has 8 nitrogen and oxygen atoms in total. The Morgan fingerprint density at radius 2 is 1.88 bits per heavy atom. The van der Waals surface area contributed by atoms with E-state index in [1.807, 2.05) is 17.5 Å². The molecule has 0 amide bonds. The zero-order valence-corrected chi connectivity index (χ0v) is 21.0. The molecule has 3 aromatic rings. The molecular weight excluding hydrogens is 476 g/mol. The normalized spacial score (nSPS) is 15.6. The molecule has 0 N–H and O–H groups in total. The van der Waals surface area contributed by atoms with E-state index in [9.17, 15) is 9.59 Å². The molecule has 0 fully saturated rings. The number of hydrogen-bond acceptors (Lipinski definition) is 9. The molecule has 34 heavy (non-hydrogen) atoms. The minimum Gasteiger partial charge on any atom is -0.493 e. The van der Waals surface area contributed by atoms with Crippen molar-refractivity contribution < 1.29 is 23.7 Å². The fourth-order valence-corrected chi connectivity index (χ4v) is 5.71. The number of thiazole rings is 1. The van der Waals surface area contributed by atoms with E-state index in [4.69, 9.17) is 18.9 Å². The second kappa shape index (κ2) is 9.86. The third-order valence-corrected chi connectivity index (χ3v) is 7.22. The monoisotopic (exact) mass is 500 g/mol. The lowest BCUT2D eigenvalue weighted by atomic mass is 10.0. The number of carbonyl (C=O) groups is 1. The van der Waals surface area contributed by atoms with Crippen LogP contribution < -0.4 is 29.1 Å². The molecule has 1 aromatic carbocycles.